The predicted octanol–water partition coefficient (Wildman–Crippen LogP) is 21.0. The summed E-state index contributed by atoms with van der Waals surface area (Å²) >= 11 is 0. The van der Waals surface area contributed by atoms with Gasteiger partial charge in [-0.05, 0) is 89.9 Å². The van der Waals surface area contributed by atoms with E-state index in [4.69, 9.17) is 14.2 Å². The smallest absolute Gasteiger partial charge is 0.306 e. The molecule has 0 aromatic heterocycles. The van der Waals surface area contributed by atoms with Crippen LogP contribution in [0, 0.1) is 0 Å². The van der Waals surface area contributed by atoms with Gasteiger partial charge in [0.05, 0.1) is 6.61 Å². The number of hydrogen-bond donors (Lipinski definition) is 0. The monoisotopic (exact) mass is 977 g/mol. The normalized spacial score (nSPS) is 12.7. The second-order valence-corrected chi connectivity index (χ2v) is 20.2. The molecule has 0 aromatic rings. The third kappa shape index (κ3) is 57.9. The van der Waals surface area contributed by atoms with E-state index in [1.165, 1.54) is 186 Å². The maximum absolute atomic E-state index is 12.9. The summed E-state index contributed by atoms with van der Waals surface area (Å²) in [6, 6.07) is 0. The molecule has 0 aliphatic carbocycles. The van der Waals surface area contributed by atoms with E-state index in [-0.39, 0.29) is 25.2 Å². The van der Waals surface area contributed by atoms with E-state index < -0.39 is 6.10 Å². The third-order valence-corrected chi connectivity index (χ3v) is 13.2. The van der Waals surface area contributed by atoms with Crippen LogP contribution in [0.3, 0.4) is 0 Å². The minimum absolute atomic E-state index is 0.0719. The van der Waals surface area contributed by atoms with Crippen LogP contribution in [0.25, 0.3) is 0 Å². The lowest BCUT2D eigenvalue weighted by Crippen LogP contribution is -2.30. The minimum atomic E-state index is -0.556. The molecule has 70 heavy (non-hydrogen) atoms. The van der Waals surface area contributed by atoms with Crippen LogP contribution >= 0.6 is 0 Å². The second kappa shape index (κ2) is 60.6. The molecule has 0 saturated heterocycles. The molecule has 0 aromatic carbocycles. The fourth-order valence-corrected chi connectivity index (χ4v) is 8.71. The Kier molecular flexibility index (Phi) is 58.3. The first-order valence-corrected chi connectivity index (χ1v) is 30.5. The van der Waals surface area contributed by atoms with Crippen molar-refractivity contribution in [3.63, 3.8) is 0 Å². The van der Waals surface area contributed by atoms with Crippen molar-refractivity contribution >= 4 is 11.9 Å². The Balaban J connectivity index is 4.32. The van der Waals surface area contributed by atoms with Gasteiger partial charge < -0.3 is 14.2 Å². The van der Waals surface area contributed by atoms with Gasteiger partial charge in [-0.1, -0.05) is 273 Å². The third-order valence-electron chi connectivity index (χ3n) is 13.2. The van der Waals surface area contributed by atoms with Crippen molar-refractivity contribution in [2.75, 3.05) is 19.8 Å². The quantitative estimate of drug-likeness (QED) is 0.0345. The van der Waals surface area contributed by atoms with Gasteiger partial charge in [-0.3, -0.25) is 9.59 Å². The van der Waals surface area contributed by atoms with E-state index in [1.54, 1.807) is 0 Å². The van der Waals surface area contributed by atoms with Crippen LogP contribution in [-0.2, 0) is 23.8 Å². The van der Waals surface area contributed by atoms with Crippen LogP contribution in [0.5, 0.6) is 0 Å². The van der Waals surface area contributed by atoms with Crippen molar-refractivity contribution in [2.45, 2.75) is 309 Å². The summed E-state index contributed by atoms with van der Waals surface area (Å²) in [7, 11) is 0. The van der Waals surface area contributed by atoms with Crippen LogP contribution in [0.1, 0.15) is 303 Å². The lowest BCUT2D eigenvalue weighted by atomic mass is 10.0. The van der Waals surface area contributed by atoms with E-state index in [0.717, 1.165) is 83.5 Å². The van der Waals surface area contributed by atoms with E-state index in [2.05, 4.69) is 93.7 Å². The summed E-state index contributed by atoms with van der Waals surface area (Å²) < 4.78 is 17.5. The molecule has 0 fully saturated rings. The largest absolute Gasteiger partial charge is 0.462 e. The van der Waals surface area contributed by atoms with Gasteiger partial charge in [-0.15, -0.1) is 0 Å². The van der Waals surface area contributed by atoms with Crippen LogP contribution < -0.4 is 0 Å². The summed E-state index contributed by atoms with van der Waals surface area (Å²) in [6.07, 6.45) is 79.3. The Bertz CT molecular complexity index is 1240. The van der Waals surface area contributed by atoms with Crippen LogP contribution in [0.15, 0.2) is 72.9 Å². The molecule has 5 nitrogen and oxygen atoms in total. The molecule has 0 bridgehead atoms. The van der Waals surface area contributed by atoms with Crippen molar-refractivity contribution < 1.29 is 23.8 Å². The van der Waals surface area contributed by atoms with Gasteiger partial charge >= 0.3 is 11.9 Å². The Morgan fingerprint density at radius 2 is 0.643 bits per heavy atom. The summed E-state index contributed by atoms with van der Waals surface area (Å²) in [5, 5.41) is 0. The van der Waals surface area contributed by atoms with Gasteiger partial charge in [-0.2, -0.15) is 0 Å². The van der Waals surface area contributed by atoms with Gasteiger partial charge in [0, 0.05) is 19.4 Å². The number of unbranched alkanes of at least 4 members (excludes halogenated alkanes) is 33. The average molecular weight is 978 g/mol. The van der Waals surface area contributed by atoms with E-state index in [1.807, 2.05) is 0 Å². The fraction of sp³-hybridized carbons (Fsp3) is 0.785. The summed E-state index contributed by atoms with van der Waals surface area (Å²) in [5.74, 6) is -0.424. The summed E-state index contributed by atoms with van der Waals surface area (Å²) in [4.78, 5) is 25.6. The molecule has 0 N–H and O–H groups in total. The molecule has 0 unspecified atom stereocenters. The molecular weight excluding hydrogens is 861 g/mol. The number of rotatable bonds is 56. The molecule has 0 radical (unpaired) electrons. The molecule has 0 amide bonds. The highest BCUT2D eigenvalue weighted by atomic mass is 16.6. The SMILES string of the molecule is CC/C=C\C/C=C\C/C=C\C/C=C\C/C=C\CCCCCC(=O)O[C@H](COCCCCCCCCCCCCCCCCCC)COC(=O)CCCCCCCCCCC/C=C\CCCCCCCC. The lowest BCUT2D eigenvalue weighted by Gasteiger charge is -2.18. The number of carbonyl (C=O) groups excluding carboxylic acids is 2. The van der Waals surface area contributed by atoms with Gasteiger partial charge in [-0.25, -0.2) is 0 Å². The average Bonchev–Trinajstić information content (AvgIpc) is 3.36. The van der Waals surface area contributed by atoms with Crippen molar-refractivity contribution in [3.05, 3.63) is 72.9 Å². The molecule has 0 aliphatic rings. The maximum Gasteiger partial charge on any atom is 0.306 e. The standard InChI is InChI=1S/C65H116O5/c1-4-7-10-13-16-19-22-25-28-31-33-35-37-40-43-46-49-52-55-58-64(66)69-62-63(61-68-60-57-54-51-48-45-42-39-30-27-24-21-18-15-12-9-6-3)70-65(67)59-56-53-50-47-44-41-38-36-34-32-29-26-23-20-17-14-11-8-5-2/h8,11,17,20,25-26,28-29,34,36,41,44,63H,4-7,9-10,12-16,18-19,21-24,27,30-33,35,37-40,42-43,45-62H2,1-3H3/b11-8-,20-17-,28-25-,29-26-,36-34-,44-41-/t63-/m1/s1. The Morgan fingerprint density at radius 1 is 0.329 bits per heavy atom. The van der Waals surface area contributed by atoms with Gasteiger partial charge in [0.1, 0.15) is 6.61 Å². The van der Waals surface area contributed by atoms with E-state index >= 15 is 0 Å². The molecule has 0 heterocycles. The zero-order valence-corrected chi connectivity index (χ0v) is 46.8. The fourth-order valence-electron chi connectivity index (χ4n) is 8.71. The molecule has 1 atom stereocenters. The van der Waals surface area contributed by atoms with Crippen molar-refractivity contribution in [1.82, 2.24) is 0 Å². The van der Waals surface area contributed by atoms with Crippen molar-refractivity contribution in [3.8, 4) is 0 Å². The molecule has 0 rings (SSSR count). The van der Waals surface area contributed by atoms with E-state index in [9.17, 15) is 9.59 Å². The Labute approximate surface area is 436 Å². The highest BCUT2D eigenvalue weighted by molar-refractivity contribution is 5.70. The second-order valence-electron chi connectivity index (χ2n) is 20.2. The zero-order valence-electron chi connectivity index (χ0n) is 46.8. The molecule has 0 aliphatic heterocycles. The molecule has 0 saturated carbocycles. The minimum Gasteiger partial charge on any atom is -0.462 e. The molecular formula is C65H116O5. The van der Waals surface area contributed by atoms with Gasteiger partial charge in [0.15, 0.2) is 6.10 Å². The van der Waals surface area contributed by atoms with Crippen LogP contribution in [0.4, 0.5) is 0 Å². The molecule has 0 spiro atoms. The van der Waals surface area contributed by atoms with E-state index in [0.29, 0.717) is 19.4 Å². The van der Waals surface area contributed by atoms with Crippen LogP contribution in [0.2, 0.25) is 0 Å². The summed E-state index contributed by atoms with van der Waals surface area (Å²) in [5.41, 5.74) is 0. The summed E-state index contributed by atoms with van der Waals surface area (Å²) in [6.45, 7) is 7.72. The number of carbonyl (C=O) groups is 2. The highest BCUT2D eigenvalue weighted by Gasteiger charge is 2.17. The zero-order chi connectivity index (χ0) is 50.6. The Hall–Kier alpha value is -2.66. The Morgan fingerprint density at radius 3 is 1.06 bits per heavy atom. The van der Waals surface area contributed by atoms with Gasteiger partial charge in [0.25, 0.3) is 0 Å². The first-order chi connectivity index (χ1) is 34.6. The van der Waals surface area contributed by atoms with Crippen LogP contribution in [-0.4, -0.2) is 37.9 Å². The molecule has 5 heteroatoms. The number of allylic oxidation sites excluding steroid dienone is 12. The topological polar surface area (TPSA) is 61.8 Å². The van der Waals surface area contributed by atoms with Crippen molar-refractivity contribution in [2.24, 2.45) is 0 Å². The van der Waals surface area contributed by atoms with Crippen molar-refractivity contribution in [1.29, 1.82) is 0 Å². The first kappa shape index (κ1) is 67.3. The predicted molar refractivity (Wildman–Crippen MR) is 307 cm³/mol. The maximum atomic E-state index is 12.9. The molecule has 406 valence electrons. The van der Waals surface area contributed by atoms with Gasteiger partial charge in [0.2, 0.25) is 0 Å². The highest BCUT2D eigenvalue weighted by Crippen LogP contribution is 2.16. The first-order valence-electron chi connectivity index (χ1n) is 30.5. The number of esters is 2. The number of ether oxygens (including phenoxy) is 3. The number of hydrogen-bond acceptors (Lipinski definition) is 5. The lowest BCUT2D eigenvalue weighted by molar-refractivity contribution is -0.163.